The summed E-state index contributed by atoms with van der Waals surface area (Å²) >= 11 is 5.96. The van der Waals surface area contributed by atoms with E-state index in [9.17, 15) is 9.59 Å². The van der Waals surface area contributed by atoms with E-state index >= 15 is 0 Å². The number of hydrazine groups is 1. The van der Waals surface area contributed by atoms with E-state index in [-0.39, 0.29) is 5.56 Å². The van der Waals surface area contributed by atoms with Crippen molar-refractivity contribution in [2.24, 2.45) is 0 Å². The van der Waals surface area contributed by atoms with Crippen molar-refractivity contribution in [3.8, 4) is 5.75 Å². The number of benzene rings is 3. The number of rotatable bonds is 5. The molecule has 0 fully saturated rings. The van der Waals surface area contributed by atoms with Crippen LogP contribution in [0.5, 0.6) is 5.75 Å². The molecule has 3 aromatic rings. The lowest BCUT2D eigenvalue weighted by Crippen LogP contribution is -2.41. The summed E-state index contributed by atoms with van der Waals surface area (Å²) < 4.78 is 5.68. The standard InChI is InChI=1S/C21H17ClN2O3/c22-19-9-5-4-8-18(19)21(26)24-23-20(25)16-10-12-17(13-11-16)27-14-15-6-2-1-3-7-15/h1-13H,14H2,(H,23,25)(H,24,26). The van der Waals surface area contributed by atoms with Crippen LogP contribution in [0.2, 0.25) is 5.02 Å². The number of ether oxygens (including phenoxy) is 1. The minimum atomic E-state index is -0.489. The topological polar surface area (TPSA) is 67.4 Å². The van der Waals surface area contributed by atoms with Crippen LogP contribution in [-0.2, 0) is 6.61 Å². The lowest BCUT2D eigenvalue weighted by Gasteiger charge is -2.09. The zero-order valence-electron chi connectivity index (χ0n) is 14.3. The molecule has 0 aliphatic carbocycles. The van der Waals surface area contributed by atoms with Crippen LogP contribution in [0.25, 0.3) is 0 Å². The molecule has 136 valence electrons. The fourth-order valence-electron chi connectivity index (χ4n) is 2.34. The third kappa shape index (κ3) is 5.09. The fourth-order valence-corrected chi connectivity index (χ4v) is 2.56. The minimum absolute atomic E-state index is 0.282. The van der Waals surface area contributed by atoms with Gasteiger partial charge in [0, 0.05) is 5.56 Å². The van der Waals surface area contributed by atoms with Crippen LogP contribution in [0.1, 0.15) is 26.3 Å². The van der Waals surface area contributed by atoms with Crippen molar-refractivity contribution in [2.45, 2.75) is 6.61 Å². The second kappa shape index (κ2) is 8.87. The average Bonchev–Trinajstić information content (AvgIpc) is 2.72. The van der Waals surface area contributed by atoms with E-state index in [4.69, 9.17) is 16.3 Å². The van der Waals surface area contributed by atoms with Gasteiger partial charge in [-0.15, -0.1) is 0 Å². The Hall–Kier alpha value is -3.31. The zero-order chi connectivity index (χ0) is 19.1. The molecule has 0 aromatic heterocycles. The molecule has 27 heavy (non-hydrogen) atoms. The first kappa shape index (κ1) is 18.5. The van der Waals surface area contributed by atoms with Crippen LogP contribution in [0.4, 0.5) is 0 Å². The maximum absolute atomic E-state index is 12.2. The molecule has 0 atom stereocenters. The highest BCUT2D eigenvalue weighted by atomic mass is 35.5. The Bertz CT molecular complexity index is 928. The molecule has 0 unspecified atom stereocenters. The molecule has 6 heteroatoms. The summed E-state index contributed by atoms with van der Waals surface area (Å²) in [5.41, 5.74) is 6.44. The van der Waals surface area contributed by atoms with Crippen LogP contribution in [0, 0.1) is 0 Å². The van der Waals surface area contributed by atoms with Crippen LogP contribution < -0.4 is 15.6 Å². The highest BCUT2D eigenvalue weighted by Crippen LogP contribution is 2.15. The van der Waals surface area contributed by atoms with Gasteiger partial charge >= 0.3 is 0 Å². The predicted octanol–water partition coefficient (Wildman–Crippen LogP) is 3.99. The molecule has 2 N–H and O–H groups in total. The molecule has 0 aliphatic heterocycles. The normalized spacial score (nSPS) is 10.1. The summed E-state index contributed by atoms with van der Waals surface area (Å²) in [6.45, 7) is 0.445. The maximum Gasteiger partial charge on any atom is 0.271 e. The first-order valence-corrected chi connectivity index (χ1v) is 8.63. The van der Waals surface area contributed by atoms with Crippen LogP contribution >= 0.6 is 11.6 Å². The third-order valence-corrected chi connectivity index (χ3v) is 4.10. The molecule has 5 nitrogen and oxygen atoms in total. The highest BCUT2D eigenvalue weighted by molar-refractivity contribution is 6.33. The molecule has 0 spiro atoms. The maximum atomic E-state index is 12.2. The van der Waals surface area contributed by atoms with Crippen molar-refractivity contribution < 1.29 is 14.3 Å². The van der Waals surface area contributed by atoms with Gasteiger partial charge in [0.25, 0.3) is 11.8 Å². The van der Waals surface area contributed by atoms with E-state index in [1.165, 1.54) is 0 Å². The second-order valence-electron chi connectivity index (χ2n) is 5.69. The molecule has 0 heterocycles. The molecule has 3 rings (SSSR count). The first-order valence-electron chi connectivity index (χ1n) is 8.25. The molecule has 0 radical (unpaired) electrons. The third-order valence-electron chi connectivity index (χ3n) is 3.77. The van der Waals surface area contributed by atoms with Crippen molar-refractivity contribution in [1.82, 2.24) is 10.9 Å². The molecule has 0 saturated heterocycles. The van der Waals surface area contributed by atoms with Gasteiger partial charge in [0.2, 0.25) is 0 Å². The van der Waals surface area contributed by atoms with Gasteiger partial charge < -0.3 is 4.74 Å². The molecular weight excluding hydrogens is 364 g/mol. The fraction of sp³-hybridized carbons (Fsp3) is 0.0476. The van der Waals surface area contributed by atoms with Crippen molar-refractivity contribution >= 4 is 23.4 Å². The largest absolute Gasteiger partial charge is 0.489 e. The number of carbonyl (C=O) groups is 2. The Kier molecular flexibility index (Phi) is 6.07. The van der Waals surface area contributed by atoms with Crippen molar-refractivity contribution in [3.63, 3.8) is 0 Å². The lowest BCUT2D eigenvalue weighted by atomic mass is 10.2. The van der Waals surface area contributed by atoms with E-state index in [1.807, 2.05) is 30.3 Å². The summed E-state index contributed by atoms with van der Waals surface area (Å²) in [7, 11) is 0. The lowest BCUT2D eigenvalue weighted by molar-refractivity contribution is 0.0846. The second-order valence-corrected chi connectivity index (χ2v) is 6.09. The highest BCUT2D eigenvalue weighted by Gasteiger charge is 2.11. The van der Waals surface area contributed by atoms with Crippen LogP contribution in [-0.4, -0.2) is 11.8 Å². The Labute approximate surface area is 161 Å². The number of amides is 2. The number of hydrogen-bond donors (Lipinski definition) is 2. The van der Waals surface area contributed by atoms with Gasteiger partial charge in [-0.3, -0.25) is 20.4 Å². The predicted molar refractivity (Wildman–Crippen MR) is 104 cm³/mol. The number of nitrogens with one attached hydrogen (secondary N) is 2. The average molecular weight is 381 g/mol. The monoisotopic (exact) mass is 380 g/mol. The van der Waals surface area contributed by atoms with Gasteiger partial charge in [-0.05, 0) is 42.0 Å². The SMILES string of the molecule is O=C(NNC(=O)c1ccccc1Cl)c1ccc(OCc2ccccc2)cc1. The Balaban J connectivity index is 1.53. The molecule has 0 aliphatic rings. The van der Waals surface area contributed by atoms with Crippen LogP contribution in [0.3, 0.4) is 0 Å². The number of hydrogen-bond acceptors (Lipinski definition) is 3. The zero-order valence-corrected chi connectivity index (χ0v) is 15.1. The smallest absolute Gasteiger partial charge is 0.271 e. The molecular formula is C21H17ClN2O3. The van der Waals surface area contributed by atoms with Gasteiger partial charge in [-0.1, -0.05) is 54.1 Å². The number of halogens is 1. The number of carbonyl (C=O) groups excluding carboxylic acids is 2. The summed E-state index contributed by atoms with van der Waals surface area (Å²) in [5, 5.41) is 0.309. The van der Waals surface area contributed by atoms with Gasteiger partial charge in [0.05, 0.1) is 10.6 Å². The van der Waals surface area contributed by atoms with Crippen molar-refractivity contribution in [1.29, 1.82) is 0 Å². The van der Waals surface area contributed by atoms with E-state index < -0.39 is 11.8 Å². The van der Waals surface area contributed by atoms with Gasteiger partial charge in [0.1, 0.15) is 12.4 Å². The quantitative estimate of drug-likeness (QED) is 0.657. The Morgan fingerprint density at radius 3 is 2.11 bits per heavy atom. The van der Waals surface area contributed by atoms with Gasteiger partial charge in [-0.2, -0.15) is 0 Å². The summed E-state index contributed by atoms with van der Waals surface area (Å²) in [5.74, 6) is -0.280. The van der Waals surface area contributed by atoms with Crippen molar-refractivity contribution in [2.75, 3.05) is 0 Å². The van der Waals surface area contributed by atoms with Gasteiger partial charge in [0.15, 0.2) is 0 Å². The Morgan fingerprint density at radius 2 is 1.41 bits per heavy atom. The van der Waals surface area contributed by atoms with Crippen LogP contribution in [0.15, 0.2) is 78.9 Å². The first-order chi connectivity index (χ1) is 13.1. The molecule has 3 aromatic carbocycles. The van der Waals surface area contributed by atoms with E-state index in [0.717, 1.165) is 5.56 Å². The van der Waals surface area contributed by atoms with Gasteiger partial charge in [-0.25, -0.2) is 0 Å². The molecule has 0 bridgehead atoms. The summed E-state index contributed by atoms with van der Waals surface area (Å²) in [6, 6.07) is 23.0. The Morgan fingerprint density at radius 1 is 0.778 bits per heavy atom. The molecule has 2 amide bonds. The summed E-state index contributed by atoms with van der Waals surface area (Å²) in [6.07, 6.45) is 0. The van der Waals surface area contributed by atoms with E-state index in [1.54, 1.807) is 48.5 Å². The van der Waals surface area contributed by atoms with Crippen molar-refractivity contribution in [3.05, 3.63) is 101 Å². The molecule has 0 saturated carbocycles. The van der Waals surface area contributed by atoms with E-state index in [0.29, 0.717) is 22.9 Å². The van der Waals surface area contributed by atoms with E-state index in [2.05, 4.69) is 10.9 Å². The summed E-state index contributed by atoms with van der Waals surface area (Å²) in [4.78, 5) is 24.2. The minimum Gasteiger partial charge on any atom is -0.489 e.